The summed E-state index contributed by atoms with van der Waals surface area (Å²) in [6, 6.07) is 2.62. The van der Waals surface area contributed by atoms with Gasteiger partial charge in [-0.1, -0.05) is 0 Å². The minimum Gasteiger partial charge on any atom is -0.497 e. The molecule has 0 aromatic carbocycles. The van der Waals surface area contributed by atoms with E-state index < -0.39 is 34.8 Å². The molecule has 0 radical (unpaired) electrons. The summed E-state index contributed by atoms with van der Waals surface area (Å²) in [7, 11) is 1.33. The van der Waals surface area contributed by atoms with Crippen molar-refractivity contribution in [2.75, 3.05) is 7.11 Å². The molecular weight excluding hydrogens is 387 g/mol. The Morgan fingerprint density at radius 1 is 1.36 bits per heavy atom. The van der Waals surface area contributed by atoms with E-state index >= 15 is 0 Å². The van der Waals surface area contributed by atoms with Gasteiger partial charge in [0, 0.05) is 42.9 Å². The van der Waals surface area contributed by atoms with Crippen LogP contribution in [0.15, 0.2) is 35.5 Å². The zero-order valence-electron chi connectivity index (χ0n) is 14.4. The number of aromatic nitrogens is 4. The predicted molar refractivity (Wildman–Crippen MR) is 87.3 cm³/mol. The highest BCUT2D eigenvalue weighted by atomic mass is 19.4. The molecule has 0 aliphatic heterocycles. The average molecular weight is 400 g/mol. The fourth-order valence-corrected chi connectivity index (χ4v) is 3.00. The molecule has 1 atom stereocenters. The third-order valence-electron chi connectivity index (χ3n) is 4.59. The molecule has 1 saturated carbocycles. The maximum absolute atomic E-state index is 13.6. The first kappa shape index (κ1) is 18.4. The Morgan fingerprint density at radius 2 is 2.07 bits per heavy atom. The molecule has 3 heterocycles. The standard InChI is InChI=1S/C17H13F5N4O2/c1-28-11-2-3-26-12(4-11)24-14(17(20,21)22)13(15(26)27)9-6-23-25(7-9)8-10-5-16(10,18)19/h2-4,6-7,10H,5,8H2,1H3/t10-/m1/s1. The summed E-state index contributed by atoms with van der Waals surface area (Å²) in [6.45, 7) is -0.145. The van der Waals surface area contributed by atoms with Crippen molar-refractivity contribution >= 4 is 5.65 Å². The quantitative estimate of drug-likeness (QED) is 0.631. The maximum Gasteiger partial charge on any atom is 0.434 e. The molecule has 1 aliphatic carbocycles. The van der Waals surface area contributed by atoms with Crippen LogP contribution in [0.3, 0.4) is 0 Å². The van der Waals surface area contributed by atoms with E-state index in [4.69, 9.17) is 4.74 Å². The van der Waals surface area contributed by atoms with Crippen LogP contribution in [0.5, 0.6) is 5.75 Å². The third kappa shape index (κ3) is 3.10. The van der Waals surface area contributed by atoms with Crippen LogP contribution < -0.4 is 10.3 Å². The summed E-state index contributed by atoms with van der Waals surface area (Å²) in [5, 5.41) is 3.83. The smallest absolute Gasteiger partial charge is 0.434 e. The molecule has 3 aromatic rings. The number of fused-ring (bicyclic) bond motifs is 1. The number of hydrogen-bond acceptors (Lipinski definition) is 4. The Balaban J connectivity index is 1.85. The molecule has 0 bridgehead atoms. The summed E-state index contributed by atoms with van der Waals surface area (Å²) in [5.74, 6) is -3.46. The van der Waals surface area contributed by atoms with Crippen molar-refractivity contribution in [3.8, 4) is 16.9 Å². The van der Waals surface area contributed by atoms with E-state index in [1.807, 2.05) is 0 Å². The number of nitrogens with zero attached hydrogens (tertiary/aromatic N) is 4. The second kappa shape index (κ2) is 6.01. The monoisotopic (exact) mass is 400 g/mol. The van der Waals surface area contributed by atoms with Gasteiger partial charge in [-0.05, 0) is 6.07 Å². The molecule has 0 saturated heterocycles. The Hall–Kier alpha value is -2.98. The van der Waals surface area contributed by atoms with Crippen molar-refractivity contribution in [3.63, 3.8) is 0 Å². The van der Waals surface area contributed by atoms with Gasteiger partial charge in [-0.25, -0.2) is 13.8 Å². The fourth-order valence-electron chi connectivity index (χ4n) is 3.00. The van der Waals surface area contributed by atoms with Crippen molar-refractivity contribution in [2.45, 2.75) is 25.1 Å². The van der Waals surface area contributed by atoms with E-state index in [0.717, 1.165) is 21.5 Å². The summed E-state index contributed by atoms with van der Waals surface area (Å²) >= 11 is 0. The number of ether oxygens (including phenoxy) is 1. The Labute approximate surface area is 154 Å². The first-order chi connectivity index (χ1) is 13.1. The predicted octanol–water partition coefficient (Wildman–Crippen LogP) is 3.24. The van der Waals surface area contributed by atoms with E-state index in [1.54, 1.807) is 0 Å². The lowest BCUT2D eigenvalue weighted by molar-refractivity contribution is -0.140. The molecule has 0 amide bonds. The second-order valence-electron chi connectivity index (χ2n) is 6.55. The van der Waals surface area contributed by atoms with E-state index in [-0.39, 0.29) is 29.9 Å². The zero-order valence-corrected chi connectivity index (χ0v) is 14.4. The molecule has 0 unspecified atom stereocenters. The van der Waals surface area contributed by atoms with Crippen LogP contribution in [0.2, 0.25) is 0 Å². The third-order valence-corrected chi connectivity index (χ3v) is 4.59. The van der Waals surface area contributed by atoms with Crippen LogP contribution >= 0.6 is 0 Å². The molecule has 28 heavy (non-hydrogen) atoms. The molecule has 11 heteroatoms. The van der Waals surface area contributed by atoms with Gasteiger partial charge >= 0.3 is 6.18 Å². The molecule has 148 valence electrons. The van der Waals surface area contributed by atoms with Gasteiger partial charge in [0.1, 0.15) is 11.4 Å². The van der Waals surface area contributed by atoms with E-state index in [1.165, 1.54) is 25.4 Å². The number of alkyl halides is 5. The first-order valence-corrected chi connectivity index (χ1v) is 8.18. The van der Waals surface area contributed by atoms with Gasteiger partial charge in [0.05, 0.1) is 18.9 Å². The second-order valence-corrected chi connectivity index (χ2v) is 6.55. The molecule has 4 rings (SSSR count). The molecule has 3 aromatic heterocycles. The van der Waals surface area contributed by atoms with Crippen LogP contribution in [-0.2, 0) is 12.7 Å². The van der Waals surface area contributed by atoms with Crippen LogP contribution in [0.1, 0.15) is 12.1 Å². The van der Waals surface area contributed by atoms with Gasteiger partial charge in [-0.3, -0.25) is 13.9 Å². The highest BCUT2D eigenvalue weighted by molar-refractivity contribution is 5.66. The lowest BCUT2D eigenvalue weighted by Crippen LogP contribution is -2.24. The van der Waals surface area contributed by atoms with E-state index in [2.05, 4.69) is 10.1 Å². The highest BCUT2D eigenvalue weighted by Crippen LogP contribution is 2.49. The maximum atomic E-state index is 13.6. The lowest BCUT2D eigenvalue weighted by atomic mass is 10.1. The van der Waals surface area contributed by atoms with Gasteiger partial charge in [0.2, 0.25) is 0 Å². The van der Waals surface area contributed by atoms with Crippen LogP contribution in [-0.4, -0.2) is 32.2 Å². The van der Waals surface area contributed by atoms with Crippen molar-refractivity contribution in [1.82, 2.24) is 19.2 Å². The normalized spacial score (nSPS) is 18.4. The first-order valence-electron chi connectivity index (χ1n) is 8.18. The molecule has 0 spiro atoms. The summed E-state index contributed by atoms with van der Waals surface area (Å²) < 4.78 is 73.9. The molecule has 1 aliphatic rings. The van der Waals surface area contributed by atoms with Gasteiger partial charge in [-0.15, -0.1) is 0 Å². The zero-order chi connectivity index (χ0) is 20.3. The summed E-state index contributed by atoms with van der Waals surface area (Å²) in [5.41, 5.74) is -3.38. The molecule has 6 nitrogen and oxygen atoms in total. The molecule has 1 fully saturated rings. The van der Waals surface area contributed by atoms with Crippen LogP contribution in [0.4, 0.5) is 22.0 Å². The highest BCUT2D eigenvalue weighted by Gasteiger charge is 2.56. The largest absolute Gasteiger partial charge is 0.497 e. The van der Waals surface area contributed by atoms with Gasteiger partial charge in [-0.2, -0.15) is 18.3 Å². The number of hydrogen-bond donors (Lipinski definition) is 0. The number of rotatable bonds is 4. The minimum atomic E-state index is -4.90. The lowest BCUT2D eigenvalue weighted by Gasteiger charge is -2.13. The average Bonchev–Trinajstić information content (AvgIpc) is 3.01. The molecular formula is C17H13F5N4O2. The number of methoxy groups -OCH3 is 1. The Morgan fingerprint density at radius 3 is 2.68 bits per heavy atom. The van der Waals surface area contributed by atoms with Crippen molar-refractivity contribution in [1.29, 1.82) is 0 Å². The van der Waals surface area contributed by atoms with Gasteiger partial charge in [0.25, 0.3) is 11.5 Å². The Kier molecular flexibility index (Phi) is 3.95. The van der Waals surface area contributed by atoms with Crippen LogP contribution in [0, 0.1) is 5.92 Å². The topological polar surface area (TPSA) is 61.4 Å². The minimum absolute atomic E-state index is 0.140. The SMILES string of the molecule is COc1ccn2c(=O)c(-c3cnn(C[C@H]4CC4(F)F)c3)c(C(F)(F)F)nc2c1. The van der Waals surface area contributed by atoms with Gasteiger partial charge < -0.3 is 4.74 Å². The fraction of sp³-hybridized carbons (Fsp3) is 0.353. The van der Waals surface area contributed by atoms with Crippen molar-refractivity contribution < 1.29 is 26.7 Å². The van der Waals surface area contributed by atoms with E-state index in [9.17, 15) is 26.7 Å². The van der Waals surface area contributed by atoms with E-state index in [0.29, 0.717) is 0 Å². The number of halogens is 5. The molecule has 0 N–H and O–H groups in total. The Bertz CT molecular complexity index is 1120. The number of pyridine rings is 1. The van der Waals surface area contributed by atoms with Crippen molar-refractivity contribution in [3.05, 3.63) is 46.8 Å². The van der Waals surface area contributed by atoms with Crippen molar-refractivity contribution in [2.24, 2.45) is 5.92 Å². The van der Waals surface area contributed by atoms with Gasteiger partial charge in [0.15, 0.2) is 5.69 Å². The summed E-state index contributed by atoms with van der Waals surface area (Å²) in [4.78, 5) is 16.4. The van der Waals surface area contributed by atoms with Crippen LogP contribution in [0.25, 0.3) is 16.8 Å². The summed E-state index contributed by atoms with van der Waals surface area (Å²) in [6.07, 6.45) is -1.75.